The van der Waals surface area contributed by atoms with E-state index in [2.05, 4.69) is 4.98 Å². The normalized spacial score (nSPS) is 11.6. The van der Waals surface area contributed by atoms with Gasteiger partial charge in [-0.05, 0) is 18.5 Å². The van der Waals surface area contributed by atoms with Crippen LogP contribution in [0, 0.1) is 0 Å². The fourth-order valence-corrected chi connectivity index (χ4v) is 1.81. The number of carbonyl (C=O) groups excluding carboxylic acids is 3. The lowest BCUT2D eigenvalue weighted by molar-refractivity contribution is -0.380. The van der Waals surface area contributed by atoms with Crippen LogP contribution in [0.3, 0.4) is 0 Å². The molecule has 0 fully saturated rings. The minimum atomic E-state index is -1.30. The Morgan fingerprint density at radius 1 is 1.24 bits per heavy atom. The third-order valence-electron chi connectivity index (χ3n) is 2.22. The number of rotatable bonds is 3. The summed E-state index contributed by atoms with van der Waals surface area (Å²) in [4.78, 5) is 36.2. The van der Waals surface area contributed by atoms with Crippen molar-refractivity contribution in [2.24, 2.45) is 5.73 Å². The summed E-state index contributed by atoms with van der Waals surface area (Å²) in [5, 5.41) is 1.36. The third kappa shape index (κ3) is 4.10. The molecule has 0 bridgehead atoms. The third-order valence-corrected chi connectivity index (χ3v) is 3.39. The van der Waals surface area contributed by atoms with Gasteiger partial charge in [-0.1, -0.05) is 23.2 Å². The average Bonchev–Trinajstić information content (AvgIpc) is 2.39. The predicted octanol–water partition coefficient (Wildman–Crippen LogP) is 0.783. The van der Waals surface area contributed by atoms with E-state index in [1.165, 1.54) is 6.92 Å². The molecule has 0 aromatic carbocycles. The zero-order valence-electron chi connectivity index (χ0n) is 10.5. The van der Waals surface area contributed by atoms with E-state index in [0.29, 0.717) is 0 Å². The lowest BCUT2D eigenvalue weighted by Crippen LogP contribution is -2.42. The van der Waals surface area contributed by atoms with E-state index >= 15 is 0 Å². The molecule has 1 rings (SSSR count). The molecule has 11 heteroatoms. The first-order chi connectivity index (χ1) is 9.65. The maximum absolute atomic E-state index is 11.9. The number of imide groups is 1. The molecule has 0 radical (unpaired) electrons. The largest absolute Gasteiger partial charge is 0.445 e. The number of ether oxygens (including phenoxy) is 1. The Morgan fingerprint density at radius 3 is 2.33 bits per heavy atom. The van der Waals surface area contributed by atoms with Crippen LogP contribution in [0.4, 0.5) is 10.5 Å². The Labute approximate surface area is 133 Å². The Kier molecular flexibility index (Phi) is 5.59. The summed E-state index contributed by atoms with van der Waals surface area (Å²) in [7, 11) is 0. The van der Waals surface area contributed by atoms with Gasteiger partial charge in [-0.25, -0.2) is 9.59 Å². The van der Waals surface area contributed by atoms with Crippen LogP contribution in [0.2, 0.25) is 15.2 Å². The molecule has 0 saturated heterocycles. The van der Waals surface area contributed by atoms with Crippen LogP contribution >= 0.6 is 34.8 Å². The van der Waals surface area contributed by atoms with Gasteiger partial charge in [-0.15, -0.1) is 0 Å². The Balaban J connectivity index is 2.95. The molecule has 0 spiro atoms. The SMILES string of the molecule is C[C@H](OC(=O)c1[nH+]c(Cl)c(Cl)c(N)c1Cl)C(=O)NC(N)=O. The number of primary amides is 1. The van der Waals surface area contributed by atoms with Crippen molar-refractivity contribution in [3.8, 4) is 0 Å². The molecule has 8 nitrogen and oxygen atoms in total. The van der Waals surface area contributed by atoms with Gasteiger partial charge < -0.3 is 16.2 Å². The summed E-state index contributed by atoms with van der Waals surface area (Å²) < 4.78 is 4.80. The number of amides is 3. The highest BCUT2D eigenvalue weighted by molar-refractivity contribution is 6.45. The van der Waals surface area contributed by atoms with Gasteiger partial charge in [0.05, 0.1) is 5.69 Å². The zero-order valence-corrected chi connectivity index (χ0v) is 12.8. The molecular weight excluding hydrogens is 346 g/mol. The van der Waals surface area contributed by atoms with E-state index in [9.17, 15) is 14.4 Å². The first-order valence-electron chi connectivity index (χ1n) is 5.31. The van der Waals surface area contributed by atoms with E-state index in [4.69, 9.17) is 51.0 Å². The minimum absolute atomic E-state index is 0.0577. The molecule has 0 aliphatic heterocycles. The Bertz CT molecular complexity index is 623. The number of hydrogen-bond acceptors (Lipinski definition) is 5. The second kappa shape index (κ2) is 6.79. The van der Waals surface area contributed by atoms with Crippen LogP contribution in [0.15, 0.2) is 0 Å². The molecule has 6 N–H and O–H groups in total. The summed E-state index contributed by atoms with van der Waals surface area (Å²) in [6.07, 6.45) is -1.30. The van der Waals surface area contributed by atoms with Crippen molar-refractivity contribution in [1.29, 1.82) is 0 Å². The van der Waals surface area contributed by atoms with Gasteiger partial charge in [0.1, 0.15) is 10.0 Å². The number of nitrogens with one attached hydrogen (secondary N) is 2. The number of aromatic amines is 1. The van der Waals surface area contributed by atoms with Gasteiger partial charge in [0.25, 0.3) is 11.1 Å². The van der Waals surface area contributed by atoms with Crippen molar-refractivity contribution in [1.82, 2.24) is 5.32 Å². The number of nitrogens with two attached hydrogens (primary N) is 2. The van der Waals surface area contributed by atoms with Crippen molar-refractivity contribution in [2.75, 3.05) is 5.73 Å². The number of halogens is 3. The maximum Gasteiger partial charge on any atom is 0.406 e. The van der Waals surface area contributed by atoms with Crippen LogP contribution in [0.25, 0.3) is 0 Å². The number of H-pyrrole nitrogens is 1. The van der Waals surface area contributed by atoms with Crippen LogP contribution in [0.1, 0.15) is 17.4 Å². The fraction of sp³-hybridized carbons (Fsp3) is 0.200. The van der Waals surface area contributed by atoms with Gasteiger partial charge in [0.15, 0.2) is 6.10 Å². The quantitative estimate of drug-likeness (QED) is 0.542. The number of anilines is 1. The monoisotopic (exact) mass is 355 g/mol. The van der Waals surface area contributed by atoms with Crippen molar-refractivity contribution in [2.45, 2.75) is 13.0 Å². The van der Waals surface area contributed by atoms with Gasteiger partial charge in [-0.2, -0.15) is 4.98 Å². The molecule has 114 valence electrons. The zero-order chi connectivity index (χ0) is 16.3. The smallest absolute Gasteiger partial charge is 0.406 e. The molecule has 21 heavy (non-hydrogen) atoms. The lowest BCUT2D eigenvalue weighted by Gasteiger charge is -2.11. The molecular formula is C10H10Cl3N4O4+. The van der Waals surface area contributed by atoms with Crippen molar-refractivity contribution in [3.05, 3.63) is 20.9 Å². The Morgan fingerprint density at radius 2 is 1.81 bits per heavy atom. The van der Waals surface area contributed by atoms with Crippen molar-refractivity contribution >= 4 is 58.4 Å². The number of carbonyl (C=O) groups is 3. The van der Waals surface area contributed by atoms with Gasteiger partial charge in [0.2, 0.25) is 0 Å². The first kappa shape index (κ1) is 17.3. The summed E-state index contributed by atoms with van der Waals surface area (Å²) in [5.74, 6) is -1.92. The second-order valence-electron chi connectivity index (χ2n) is 3.76. The van der Waals surface area contributed by atoms with Crippen LogP contribution < -0.4 is 21.8 Å². The highest BCUT2D eigenvalue weighted by atomic mass is 35.5. The lowest BCUT2D eigenvalue weighted by atomic mass is 10.3. The van der Waals surface area contributed by atoms with Gasteiger partial charge in [0, 0.05) is 0 Å². The van der Waals surface area contributed by atoms with E-state index in [-0.39, 0.29) is 26.6 Å². The average molecular weight is 357 g/mol. The standard InChI is InChI=1S/C10H9Cl3N4O4/c1-2(8(18)17-10(15)20)21-9(19)6-3(11)5(14)4(12)7(13)16-6/h2H,1H3,(H2,14,16)(H3,15,17,18,20)/p+1/t2-/m0/s1. The summed E-state index contributed by atoms with van der Waals surface area (Å²) in [5.41, 5.74) is 9.92. The van der Waals surface area contributed by atoms with E-state index in [0.717, 1.165) is 0 Å². The molecule has 3 amide bonds. The molecule has 1 aromatic heterocycles. The van der Waals surface area contributed by atoms with Gasteiger partial charge in [-0.3, -0.25) is 10.1 Å². The summed E-state index contributed by atoms with van der Waals surface area (Å²) >= 11 is 17.3. The van der Waals surface area contributed by atoms with Crippen LogP contribution in [-0.4, -0.2) is 24.0 Å². The predicted molar refractivity (Wildman–Crippen MR) is 75.0 cm³/mol. The number of aromatic nitrogens is 1. The number of urea groups is 1. The summed E-state index contributed by atoms with van der Waals surface area (Å²) in [6.45, 7) is 1.23. The van der Waals surface area contributed by atoms with Crippen LogP contribution in [-0.2, 0) is 9.53 Å². The molecule has 1 heterocycles. The molecule has 1 aromatic rings. The highest BCUT2D eigenvalue weighted by Crippen LogP contribution is 2.32. The van der Waals surface area contributed by atoms with E-state index < -0.39 is 24.0 Å². The fourth-order valence-electron chi connectivity index (χ4n) is 1.21. The number of esters is 1. The van der Waals surface area contributed by atoms with Gasteiger partial charge >= 0.3 is 17.7 Å². The molecule has 0 unspecified atom stereocenters. The molecule has 0 aliphatic carbocycles. The van der Waals surface area contributed by atoms with Crippen molar-refractivity contribution < 1.29 is 24.1 Å². The van der Waals surface area contributed by atoms with E-state index in [1.54, 1.807) is 5.32 Å². The number of hydrogen-bond donors (Lipinski definition) is 3. The van der Waals surface area contributed by atoms with Crippen LogP contribution in [0.5, 0.6) is 0 Å². The topological polar surface area (TPSA) is 139 Å². The maximum atomic E-state index is 11.9. The summed E-state index contributed by atoms with van der Waals surface area (Å²) in [6, 6.07) is -1.08. The highest BCUT2D eigenvalue weighted by Gasteiger charge is 2.30. The molecule has 0 saturated carbocycles. The Hall–Kier alpha value is -1.77. The number of nitrogen functional groups attached to an aromatic ring is 1. The van der Waals surface area contributed by atoms with E-state index in [1.807, 2.05) is 0 Å². The second-order valence-corrected chi connectivity index (χ2v) is 4.89. The first-order valence-corrected chi connectivity index (χ1v) is 6.45. The molecule has 0 aliphatic rings. The minimum Gasteiger partial charge on any atom is -0.445 e. The van der Waals surface area contributed by atoms with Crippen molar-refractivity contribution in [3.63, 3.8) is 0 Å². The molecule has 1 atom stereocenters. The number of pyridine rings is 1.